The van der Waals surface area contributed by atoms with Crippen LogP contribution in [0.15, 0.2) is 29.6 Å². The zero-order valence-electron chi connectivity index (χ0n) is 11.1. The van der Waals surface area contributed by atoms with E-state index in [2.05, 4.69) is 5.29 Å². The van der Waals surface area contributed by atoms with Crippen LogP contribution in [0.1, 0.15) is 17.4 Å². The fourth-order valence-electron chi connectivity index (χ4n) is 1.54. The fraction of sp³-hybridized carbons (Fsp3) is 0.500. The van der Waals surface area contributed by atoms with Gasteiger partial charge in [-0.05, 0) is 12.1 Å². The van der Waals surface area contributed by atoms with E-state index in [1.165, 1.54) is 26.3 Å². The Kier molecular flexibility index (Phi) is 5.90. The van der Waals surface area contributed by atoms with Crippen LogP contribution in [-0.2, 0) is 15.7 Å². The second kappa shape index (κ2) is 7.20. The van der Waals surface area contributed by atoms with Gasteiger partial charge in [0.05, 0.1) is 24.1 Å². The molecule has 112 valence electrons. The van der Waals surface area contributed by atoms with Crippen LogP contribution in [0.5, 0.6) is 0 Å². The molecule has 0 saturated carbocycles. The molecule has 5 nitrogen and oxygen atoms in total. The van der Waals surface area contributed by atoms with Crippen molar-refractivity contribution in [3.8, 4) is 0 Å². The molecule has 0 aliphatic carbocycles. The maximum Gasteiger partial charge on any atom is 0.416 e. The number of benzene rings is 1. The molecule has 0 heterocycles. The van der Waals surface area contributed by atoms with Crippen molar-refractivity contribution >= 4 is 0 Å². The number of nitroso groups, excluding NO2 is 1. The van der Waals surface area contributed by atoms with Gasteiger partial charge in [-0.1, -0.05) is 12.1 Å². The summed E-state index contributed by atoms with van der Waals surface area (Å²) < 4.78 is 47.6. The molecule has 0 radical (unpaired) electrons. The van der Waals surface area contributed by atoms with Gasteiger partial charge in [-0.3, -0.25) is 0 Å². The normalized spacial score (nSPS) is 13.1. The van der Waals surface area contributed by atoms with Crippen molar-refractivity contribution in [2.45, 2.75) is 12.4 Å². The highest BCUT2D eigenvalue weighted by atomic mass is 19.4. The highest BCUT2D eigenvalue weighted by molar-refractivity contribution is 5.25. The Balaban J connectivity index is 2.87. The summed E-state index contributed by atoms with van der Waals surface area (Å²) in [6.45, 7) is 0.478. The van der Waals surface area contributed by atoms with Crippen LogP contribution >= 0.6 is 0 Å². The van der Waals surface area contributed by atoms with Gasteiger partial charge in [0.2, 0.25) is 0 Å². The Morgan fingerprint density at radius 1 is 1.25 bits per heavy atom. The Morgan fingerprint density at radius 3 is 2.30 bits per heavy atom. The molecule has 0 fully saturated rings. The molecule has 0 bridgehead atoms. The Morgan fingerprint density at radius 2 is 1.85 bits per heavy atom. The van der Waals surface area contributed by atoms with Gasteiger partial charge in [0.1, 0.15) is 0 Å². The zero-order chi connectivity index (χ0) is 15.2. The molecular weight excluding hydrogens is 277 g/mol. The molecule has 1 unspecified atom stereocenters. The first-order valence-electron chi connectivity index (χ1n) is 5.74. The van der Waals surface area contributed by atoms with Crippen LogP contribution in [-0.4, -0.2) is 32.4 Å². The van der Waals surface area contributed by atoms with Crippen LogP contribution in [0, 0.1) is 4.91 Å². The van der Waals surface area contributed by atoms with E-state index in [9.17, 15) is 18.1 Å². The van der Waals surface area contributed by atoms with Crippen molar-refractivity contribution in [1.82, 2.24) is 5.01 Å². The third kappa shape index (κ3) is 4.46. The molecule has 8 heteroatoms. The van der Waals surface area contributed by atoms with Gasteiger partial charge in [-0.15, -0.1) is 4.91 Å². The lowest BCUT2D eigenvalue weighted by Crippen LogP contribution is -2.23. The minimum Gasteiger partial charge on any atom is -0.382 e. The van der Waals surface area contributed by atoms with E-state index in [-0.39, 0.29) is 6.61 Å². The first-order valence-corrected chi connectivity index (χ1v) is 5.74. The number of ether oxygens (including phenoxy) is 2. The lowest BCUT2D eigenvalue weighted by atomic mass is 10.1. The lowest BCUT2D eigenvalue weighted by Gasteiger charge is -2.23. The van der Waals surface area contributed by atoms with Gasteiger partial charge in [0.15, 0.2) is 6.23 Å². The van der Waals surface area contributed by atoms with Crippen molar-refractivity contribution in [2.24, 2.45) is 5.29 Å². The minimum absolute atomic E-state index is 0.183. The average Bonchev–Trinajstić information content (AvgIpc) is 2.42. The number of alkyl halides is 3. The number of hydrogen-bond donors (Lipinski definition) is 0. The van der Waals surface area contributed by atoms with Gasteiger partial charge in [0.25, 0.3) is 0 Å². The molecule has 0 aliphatic rings. The Bertz CT molecular complexity index is 423. The molecule has 0 aliphatic heterocycles. The molecule has 20 heavy (non-hydrogen) atoms. The maximum absolute atomic E-state index is 12.5. The quantitative estimate of drug-likeness (QED) is 0.335. The fourth-order valence-corrected chi connectivity index (χ4v) is 1.54. The van der Waals surface area contributed by atoms with Crippen LogP contribution in [0.3, 0.4) is 0 Å². The van der Waals surface area contributed by atoms with Gasteiger partial charge in [-0.2, -0.15) is 13.2 Å². The number of rotatable bonds is 7. The smallest absolute Gasteiger partial charge is 0.382 e. The standard InChI is InChI=1S/C12H15F3N2O3/c1-17(16-18)11(20-8-7-19-2)9-3-5-10(6-4-9)12(13,14)15/h3-6,11H,7-8H2,1-2H3. The van der Waals surface area contributed by atoms with E-state index in [4.69, 9.17) is 9.47 Å². The van der Waals surface area contributed by atoms with Gasteiger partial charge >= 0.3 is 6.18 Å². The first kappa shape index (κ1) is 16.4. The van der Waals surface area contributed by atoms with Crippen molar-refractivity contribution in [2.75, 3.05) is 27.4 Å². The molecule has 1 aromatic carbocycles. The lowest BCUT2D eigenvalue weighted by molar-refractivity contribution is -0.137. The zero-order valence-corrected chi connectivity index (χ0v) is 11.1. The van der Waals surface area contributed by atoms with Crippen LogP contribution in [0.4, 0.5) is 13.2 Å². The Labute approximate surface area is 114 Å². The summed E-state index contributed by atoms with van der Waals surface area (Å²) in [7, 11) is 2.86. The summed E-state index contributed by atoms with van der Waals surface area (Å²) in [5.74, 6) is 0. The van der Waals surface area contributed by atoms with Crippen LogP contribution in [0.2, 0.25) is 0 Å². The molecule has 0 amide bonds. The summed E-state index contributed by atoms with van der Waals surface area (Å²) in [5.41, 5.74) is -0.366. The Hall–Kier alpha value is -1.67. The van der Waals surface area contributed by atoms with E-state index >= 15 is 0 Å². The summed E-state index contributed by atoms with van der Waals surface area (Å²) in [5, 5.41) is 3.69. The van der Waals surface area contributed by atoms with Gasteiger partial charge in [0, 0.05) is 19.7 Å². The maximum atomic E-state index is 12.5. The molecule has 0 aromatic heterocycles. The molecule has 1 aromatic rings. The van der Waals surface area contributed by atoms with Crippen molar-refractivity contribution in [1.29, 1.82) is 0 Å². The molecule has 1 atom stereocenters. The number of hydrogen-bond acceptors (Lipinski definition) is 4. The van der Waals surface area contributed by atoms with E-state index in [0.717, 1.165) is 17.1 Å². The van der Waals surface area contributed by atoms with Gasteiger partial charge in [-0.25, -0.2) is 5.01 Å². The highest BCUT2D eigenvalue weighted by Crippen LogP contribution is 2.30. The van der Waals surface area contributed by atoms with Crippen LogP contribution < -0.4 is 0 Å². The van der Waals surface area contributed by atoms with Gasteiger partial charge < -0.3 is 9.47 Å². The number of nitrogens with zero attached hydrogens (tertiary/aromatic N) is 2. The molecular formula is C12H15F3N2O3. The third-order valence-electron chi connectivity index (χ3n) is 2.55. The monoisotopic (exact) mass is 292 g/mol. The van der Waals surface area contributed by atoms with Crippen LogP contribution in [0.25, 0.3) is 0 Å². The molecule has 0 spiro atoms. The van der Waals surface area contributed by atoms with E-state index in [1.807, 2.05) is 0 Å². The predicted molar refractivity (Wildman–Crippen MR) is 65.6 cm³/mol. The predicted octanol–water partition coefficient (Wildman–Crippen LogP) is 2.98. The summed E-state index contributed by atoms with van der Waals surface area (Å²) in [6, 6.07) is 4.37. The second-order valence-electron chi connectivity index (χ2n) is 3.99. The minimum atomic E-state index is -4.40. The second-order valence-corrected chi connectivity index (χ2v) is 3.99. The number of halogens is 3. The SMILES string of the molecule is COCCOC(c1ccc(C(F)(F)F)cc1)N(C)N=O. The van der Waals surface area contributed by atoms with E-state index in [1.54, 1.807) is 0 Å². The van der Waals surface area contributed by atoms with Crippen molar-refractivity contribution in [3.05, 3.63) is 40.3 Å². The average molecular weight is 292 g/mol. The third-order valence-corrected chi connectivity index (χ3v) is 2.55. The van der Waals surface area contributed by atoms with E-state index < -0.39 is 18.0 Å². The summed E-state index contributed by atoms with van der Waals surface area (Å²) >= 11 is 0. The number of methoxy groups -OCH3 is 1. The largest absolute Gasteiger partial charge is 0.416 e. The molecule has 0 saturated heterocycles. The van der Waals surface area contributed by atoms with E-state index in [0.29, 0.717) is 12.2 Å². The topological polar surface area (TPSA) is 51.1 Å². The molecule has 0 N–H and O–H groups in total. The molecule has 1 rings (SSSR count). The highest BCUT2D eigenvalue weighted by Gasteiger charge is 2.30. The summed E-state index contributed by atoms with van der Waals surface area (Å²) in [6.07, 6.45) is -5.26. The summed E-state index contributed by atoms with van der Waals surface area (Å²) in [4.78, 5) is 10.6. The van der Waals surface area contributed by atoms with Crippen molar-refractivity contribution < 1.29 is 22.6 Å². The van der Waals surface area contributed by atoms with Crippen molar-refractivity contribution in [3.63, 3.8) is 0 Å². The first-order chi connectivity index (χ1) is 9.40.